The van der Waals surface area contributed by atoms with Crippen LogP contribution in [-0.2, 0) is 0 Å². The molecule has 0 bridgehead atoms. The predicted octanol–water partition coefficient (Wildman–Crippen LogP) is 1.80. The van der Waals surface area contributed by atoms with Crippen LogP contribution in [0.4, 0.5) is 5.95 Å². The lowest BCUT2D eigenvalue weighted by Gasteiger charge is -2.07. The summed E-state index contributed by atoms with van der Waals surface area (Å²) in [6, 6.07) is 7.55. The summed E-state index contributed by atoms with van der Waals surface area (Å²) >= 11 is 0. The summed E-state index contributed by atoms with van der Waals surface area (Å²) < 4.78 is 12.4. The van der Waals surface area contributed by atoms with E-state index in [1.54, 1.807) is 4.57 Å². The quantitative estimate of drug-likeness (QED) is 0.786. The third-order valence-electron chi connectivity index (χ3n) is 3.04. The normalized spacial score (nSPS) is 10.8. The van der Waals surface area contributed by atoms with E-state index >= 15 is 0 Å². The lowest BCUT2D eigenvalue weighted by atomic mass is 10.3. The van der Waals surface area contributed by atoms with E-state index in [0.717, 1.165) is 11.4 Å². The number of nitrogen functional groups attached to an aromatic ring is 1. The van der Waals surface area contributed by atoms with Crippen LogP contribution in [0.2, 0.25) is 0 Å². The topological polar surface area (TPSA) is 88.1 Å². The fourth-order valence-electron chi connectivity index (χ4n) is 2.15. The van der Waals surface area contributed by atoms with Crippen LogP contribution in [0, 0.1) is 0 Å². The van der Waals surface area contributed by atoms with Gasteiger partial charge in [0.15, 0.2) is 11.2 Å². The molecule has 0 atom stereocenters. The first kappa shape index (κ1) is 13.2. The molecule has 0 amide bonds. The molecule has 7 heteroatoms. The van der Waals surface area contributed by atoms with Gasteiger partial charge in [0, 0.05) is 0 Å². The van der Waals surface area contributed by atoms with Crippen LogP contribution in [-0.4, -0.2) is 33.2 Å². The minimum Gasteiger partial charge on any atom is -0.494 e. The number of benzene rings is 1. The van der Waals surface area contributed by atoms with Crippen molar-refractivity contribution >= 4 is 17.1 Å². The lowest BCUT2D eigenvalue weighted by molar-refractivity contribution is 0.340. The highest BCUT2D eigenvalue weighted by Gasteiger charge is 2.15. The van der Waals surface area contributed by atoms with Gasteiger partial charge >= 0.3 is 0 Å². The van der Waals surface area contributed by atoms with E-state index in [-0.39, 0.29) is 0 Å². The minimum absolute atomic E-state index is 0.327. The van der Waals surface area contributed by atoms with Crippen molar-refractivity contribution < 1.29 is 9.47 Å². The van der Waals surface area contributed by atoms with Gasteiger partial charge < -0.3 is 15.2 Å². The van der Waals surface area contributed by atoms with Crippen molar-refractivity contribution in [2.24, 2.45) is 0 Å². The summed E-state index contributed by atoms with van der Waals surface area (Å²) in [4.78, 5) is 12.5. The van der Waals surface area contributed by atoms with Crippen molar-refractivity contribution in [2.45, 2.75) is 6.92 Å². The van der Waals surface area contributed by atoms with Gasteiger partial charge in [-0.1, -0.05) is 0 Å². The third kappa shape index (κ3) is 2.22. The molecule has 0 radical (unpaired) electrons. The van der Waals surface area contributed by atoms with Gasteiger partial charge in [0.2, 0.25) is 11.8 Å². The predicted molar refractivity (Wildman–Crippen MR) is 78.8 cm³/mol. The number of nitrogens with two attached hydrogens (primary N) is 1. The van der Waals surface area contributed by atoms with Gasteiger partial charge in [-0.3, -0.25) is 4.57 Å². The number of hydrogen-bond donors (Lipinski definition) is 1. The average molecular weight is 285 g/mol. The molecule has 0 saturated carbocycles. The number of imidazole rings is 1. The van der Waals surface area contributed by atoms with Crippen LogP contribution >= 0.6 is 0 Å². The van der Waals surface area contributed by atoms with Crippen molar-refractivity contribution in [1.29, 1.82) is 0 Å². The zero-order valence-electron chi connectivity index (χ0n) is 11.8. The summed E-state index contributed by atoms with van der Waals surface area (Å²) in [7, 11) is 1.54. The monoisotopic (exact) mass is 285 g/mol. The van der Waals surface area contributed by atoms with E-state index < -0.39 is 0 Å². The highest BCUT2D eigenvalue weighted by atomic mass is 16.5. The second-order valence-electron chi connectivity index (χ2n) is 4.29. The van der Waals surface area contributed by atoms with Crippen LogP contribution in [0.5, 0.6) is 11.6 Å². The Morgan fingerprint density at radius 3 is 2.62 bits per heavy atom. The minimum atomic E-state index is 0.327. The highest BCUT2D eigenvalue weighted by Crippen LogP contribution is 2.26. The van der Waals surface area contributed by atoms with Gasteiger partial charge in [0.1, 0.15) is 12.1 Å². The van der Waals surface area contributed by atoms with E-state index in [1.165, 1.54) is 13.4 Å². The Morgan fingerprint density at radius 2 is 1.95 bits per heavy atom. The smallest absolute Gasteiger partial charge is 0.245 e. The average Bonchev–Trinajstić information content (AvgIpc) is 2.84. The molecular formula is C14H15N5O2. The molecule has 2 N–H and O–H groups in total. The highest BCUT2D eigenvalue weighted by molar-refractivity contribution is 5.81. The molecule has 0 spiro atoms. The molecule has 0 aliphatic rings. The maximum absolute atomic E-state index is 6.00. The SMILES string of the molecule is CCOc1ccc(-n2c(N)nc3c(OC)ncnc32)cc1. The number of nitrogens with zero attached hydrogens (tertiary/aromatic N) is 4. The van der Waals surface area contributed by atoms with Crippen LogP contribution in [0.25, 0.3) is 16.9 Å². The van der Waals surface area contributed by atoms with E-state index in [0.29, 0.717) is 29.6 Å². The van der Waals surface area contributed by atoms with Crippen molar-refractivity contribution in [2.75, 3.05) is 19.5 Å². The standard InChI is InChI=1S/C14H15N5O2/c1-3-21-10-6-4-9(5-7-10)19-12-11(18-14(19)15)13(20-2)17-8-16-12/h4-8H,3H2,1-2H3,(H2,15,18). The van der Waals surface area contributed by atoms with Gasteiger partial charge in [-0.25, -0.2) is 9.97 Å². The lowest BCUT2D eigenvalue weighted by Crippen LogP contribution is -2.01. The Balaban J connectivity index is 2.13. The maximum atomic E-state index is 6.00. The van der Waals surface area contributed by atoms with Crippen LogP contribution in [0.1, 0.15) is 6.92 Å². The second kappa shape index (κ2) is 5.28. The third-order valence-corrected chi connectivity index (χ3v) is 3.04. The van der Waals surface area contributed by atoms with E-state index in [4.69, 9.17) is 15.2 Å². The van der Waals surface area contributed by atoms with E-state index in [9.17, 15) is 0 Å². The van der Waals surface area contributed by atoms with Crippen LogP contribution in [0.3, 0.4) is 0 Å². The molecule has 0 unspecified atom stereocenters. The van der Waals surface area contributed by atoms with Crippen molar-refractivity contribution in [3.05, 3.63) is 30.6 Å². The second-order valence-corrected chi connectivity index (χ2v) is 4.29. The number of methoxy groups -OCH3 is 1. The number of hydrogen-bond acceptors (Lipinski definition) is 6. The number of anilines is 1. The molecular weight excluding hydrogens is 270 g/mol. The van der Waals surface area contributed by atoms with Crippen molar-refractivity contribution in [3.8, 4) is 17.3 Å². The Hall–Kier alpha value is -2.83. The summed E-state index contributed by atoms with van der Waals surface area (Å²) in [5, 5.41) is 0. The molecule has 7 nitrogen and oxygen atoms in total. The zero-order chi connectivity index (χ0) is 14.8. The van der Waals surface area contributed by atoms with Crippen molar-refractivity contribution in [3.63, 3.8) is 0 Å². The van der Waals surface area contributed by atoms with Crippen molar-refractivity contribution in [1.82, 2.24) is 19.5 Å². The molecule has 108 valence electrons. The summed E-state index contributed by atoms with van der Waals surface area (Å²) in [6.07, 6.45) is 1.42. The Bertz CT molecular complexity index is 767. The number of rotatable bonds is 4. The number of ether oxygens (including phenoxy) is 2. The molecule has 2 aromatic heterocycles. The molecule has 0 fully saturated rings. The van der Waals surface area contributed by atoms with Crippen LogP contribution < -0.4 is 15.2 Å². The molecule has 2 heterocycles. The van der Waals surface area contributed by atoms with Gasteiger partial charge in [-0.2, -0.15) is 4.98 Å². The van der Waals surface area contributed by atoms with Crippen LogP contribution in [0.15, 0.2) is 30.6 Å². The molecule has 0 aliphatic heterocycles. The largest absolute Gasteiger partial charge is 0.494 e. The fourth-order valence-corrected chi connectivity index (χ4v) is 2.15. The molecule has 0 saturated heterocycles. The van der Waals surface area contributed by atoms with Gasteiger partial charge in [-0.05, 0) is 31.2 Å². The summed E-state index contributed by atoms with van der Waals surface area (Å²) in [5.41, 5.74) is 7.98. The Kier molecular flexibility index (Phi) is 3.31. The van der Waals surface area contributed by atoms with Gasteiger partial charge in [0.05, 0.1) is 19.4 Å². The molecule has 3 aromatic rings. The molecule has 3 rings (SSSR count). The first-order valence-electron chi connectivity index (χ1n) is 6.50. The summed E-state index contributed by atoms with van der Waals surface area (Å²) in [6.45, 7) is 2.57. The Morgan fingerprint density at radius 1 is 1.19 bits per heavy atom. The first-order valence-corrected chi connectivity index (χ1v) is 6.50. The van der Waals surface area contributed by atoms with E-state index in [1.807, 2.05) is 31.2 Å². The first-order chi connectivity index (χ1) is 10.2. The Labute approximate surface area is 121 Å². The maximum Gasteiger partial charge on any atom is 0.245 e. The number of fused-ring (bicyclic) bond motifs is 1. The molecule has 0 aliphatic carbocycles. The molecule has 21 heavy (non-hydrogen) atoms. The van der Waals surface area contributed by atoms with E-state index in [2.05, 4.69) is 15.0 Å². The molecule has 1 aromatic carbocycles. The fraction of sp³-hybridized carbons (Fsp3) is 0.214. The van der Waals surface area contributed by atoms with Gasteiger partial charge in [0.25, 0.3) is 0 Å². The summed E-state index contributed by atoms with van der Waals surface area (Å²) in [5.74, 6) is 1.53. The van der Waals surface area contributed by atoms with Gasteiger partial charge in [-0.15, -0.1) is 0 Å². The number of aromatic nitrogens is 4. The zero-order valence-corrected chi connectivity index (χ0v) is 11.8.